The summed E-state index contributed by atoms with van der Waals surface area (Å²) >= 11 is 0.868. The van der Waals surface area contributed by atoms with Crippen molar-refractivity contribution in [2.45, 2.75) is 33.1 Å². The summed E-state index contributed by atoms with van der Waals surface area (Å²) in [6.07, 6.45) is 2.80. The molecule has 0 aromatic carbocycles. The van der Waals surface area contributed by atoms with Gasteiger partial charge in [0.1, 0.15) is 0 Å². The molecule has 0 radical (unpaired) electrons. The summed E-state index contributed by atoms with van der Waals surface area (Å²) in [7, 11) is 0. The Morgan fingerprint density at radius 1 is 1.27 bits per heavy atom. The SMILES string of the molecule is CCCCC(=S=O)C(C)=S=O. The van der Waals surface area contributed by atoms with Crippen molar-refractivity contribution in [2.24, 2.45) is 0 Å². The highest BCUT2D eigenvalue weighted by molar-refractivity contribution is 7.76. The molecule has 4 heteroatoms. The molecule has 0 aliphatic carbocycles. The minimum absolute atomic E-state index is 0.417. The predicted molar refractivity (Wildman–Crippen MR) is 51.5 cm³/mol. The summed E-state index contributed by atoms with van der Waals surface area (Å²) in [5, 5.41) is 0. The van der Waals surface area contributed by atoms with Crippen molar-refractivity contribution in [1.29, 1.82) is 0 Å². The fourth-order valence-corrected chi connectivity index (χ4v) is 1.40. The monoisotopic (exact) mass is 192 g/mol. The third-order valence-corrected chi connectivity index (χ3v) is 2.71. The number of hydrogen-bond donors (Lipinski definition) is 0. The molecule has 0 saturated carbocycles. The summed E-state index contributed by atoms with van der Waals surface area (Å²) < 4.78 is 20.7. The van der Waals surface area contributed by atoms with E-state index in [1.807, 2.05) is 0 Å². The maximum absolute atomic E-state index is 10.4. The van der Waals surface area contributed by atoms with Crippen LogP contribution in [0.3, 0.4) is 0 Å². The van der Waals surface area contributed by atoms with Crippen molar-refractivity contribution in [3.05, 3.63) is 0 Å². The predicted octanol–water partition coefficient (Wildman–Crippen LogP) is 0.967. The second kappa shape index (κ2) is 6.49. The summed E-state index contributed by atoms with van der Waals surface area (Å²) in [6.45, 7) is 3.76. The van der Waals surface area contributed by atoms with E-state index in [9.17, 15) is 8.42 Å². The fraction of sp³-hybridized carbons (Fsp3) is 0.714. The minimum Gasteiger partial charge on any atom is -0.212 e. The summed E-state index contributed by atoms with van der Waals surface area (Å²) in [5.74, 6) is 0. The Kier molecular flexibility index (Phi) is 6.36. The Balaban J connectivity index is 4.21. The van der Waals surface area contributed by atoms with Gasteiger partial charge in [0, 0.05) is 0 Å². The van der Waals surface area contributed by atoms with E-state index in [2.05, 4.69) is 6.92 Å². The van der Waals surface area contributed by atoms with Gasteiger partial charge in [-0.1, -0.05) is 13.3 Å². The van der Waals surface area contributed by atoms with Crippen LogP contribution in [0.5, 0.6) is 0 Å². The largest absolute Gasteiger partial charge is 0.212 e. The van der Waals surface area contributed by atoms with Crippen LogP contribution in [0.25, 0.3) is 0 Å². The molecule has 0 bridgehead atoms. The molecule has 0 N–H and O–H groups in total. The minimum atomic E-state index is 0.417. The lowest BCUT2D eigenvalue weighted by Gasteiger charge is -1.96. The Bertz CT molecular complexity index is 223. The van der Waals surface area contributed by atoms with Crippen LogP contribution in [0.4, 0.5) is 0 Å². The van der Waals surface area contributed by atoms with Crippen molar-refractivity contribution >= 4 is 32.2 Å². The highest BCUT2D eigenvalue weighted by Crippen LogP contribution is 1.96. The number of rotatable bonds is 4. The molecule has 11 heavy (non-hydrogen) atoms. The van der Waals surface area contributed by atoms with Gasteiger partial charge in [-0.3, -0.25) is 0 Å². The zero-order valence-electron chi connectivity index (χ0n) is 6.75. The van der Waals surface area contributed by atoms with Crippen LogP contribution < -0.4 is 0 Å². The first-order valence-electron chi connectivity index (χ1n) is 3.55. The van der Waals surface area contributed by atoms with Gasteiger partial charge in [-0.15, -0.1) is 0 Å². The molecule has 0 heterocycles. The van der Waals surface area contributed by atoms with Gasteiger partial charge < -0.3 is 0 Å². The third kappa shape index (κ3) is 4.27. The third-order valence-electron chi connectivity index (χ3n) is 1.38. The van der Waals surface area contributed by atoms with Gasteiger partial charge in [-0.2, -0.15) is 0 Å². The van der Waals surface area contributed by atoms with Gasteiger partial charge in [-0.05, 0) is 19.8 Å². The van der Waals surface area contributed by atoms with E-state index >= 15 is 0 Å². The van der Waals surface area contributed by atoms with Gasteiger partial charge >= 0.3 is 0 Å². The van der Waals surface area contributed by atoms with Gasteiger partial charge in [0.25, 0.3) is 0 Å². The molecule has 0 aliphatic heterocycles. The van der Waals surface area contributed by atoms with Crippen molar-refractivity contribution in [3.8, 4) is 0 Å². The zero-order chi connectivity index (χ0) is 8.69. The molecule has 0 aromatic rings. The molecule has 0 unspecified atom stereocenters. The maximum atomic E-state index is 10.4. The normalized spacial score (nSPS) is 8.91. The number of unbranched alkanes of at least 4 members (excludes halogenated alkanes) is 1. The topological polar surface area (TPSA) is 34.1 Å². The molecule has 0 spiro atoms. The Labute approximate surface area is 74.1 Å². The van der Waals surface area contributed by atoms with Crippen LogP contribution >= 0.6 is 0 Å². The molecular formula is C7H12O2S2. The smallest absolute Gasteiger partial charge is 0.0932 e. The van der Waals surface area contributed by atoms with E-state index < -0.39 is 0 Å². The highest BCUT2D eigenvalue weighted by Gasteiger charge is 2.00. The molecular weight excluding hydrogens is 180 g/mol. The van der Waals surface area contributed by atoms with Crippen molar-refractivity contribution < 1.29 is 8.42 Å². The standard InChI is InChI=1S/C7H12O2S2/c1-3-4-5-7(11-9)6(2)10-8/h3-5H2,1-2H3. The van der Waals surface area contributed by atoms with Gasteiger partial charge in [0.2, 0.25) is 0 Å². The van der Waals surface area contributed by atoms with Gasteiger partial charge in [0.15, 0.2) is 0 Å². The van der Waals surface area contributed by atoms with E-state index in [1.165, 1.54) is 0 Å². The van der Waals surface area contributed by atoms with Gasteiger partial charge in [-0.25, -0.2) is 8.42 Å². The van der Waals surface area contributed by atoms with Crippen LogP contribution in [0.15, 0.2) is 0 Å². The van der Waals surface area contributed by atoms with E-state index in [0.29, 0.717) is 32.2 Å². The lowest BCUT2D eigenvalue weighted by molar-refractivity contribution is 0.699. The molecule has 64 valence electrons. The number of hydrogen-bond acceptors (Lipinski definition) is 2. The average Bonchev–Trinajstić information content (AvgIpc) is 2.05. The van der Waals surface area contributed by atoms with E-state index in [-0.39, 0.29) is 0 Å². The van der Waals surface area contributed by atoms with Crippen LogP contribution in [-0.2, 0) is 22.5 Å². The summed E-state index contributed by atoms with van der Waals surface area (Å²) in [4.78, 5) is 1.32. The molecule has 0 fully saturated rings. The van der Waals surface area contributed by atoms with Crippen molar-refractivity contribution in [2.75, 3.05) is 0 Å². The lowest BCUT2D eigenvalue weighted by atomic mass is 10.2. The van der Waals surface area contributed by atoms with Crippen LogP contribution in [0.1, 0.15) is 33.1 Å². The molecule has 0 atom stereocenters. The van der Waals surface area contributed by atoms with E-state index in [0.717, 1.165) is 19.3 Å². The first kappa shape index (κ1) is 10.8. The molecule has 0 saturated heterocycles. The van der Waals surface area contributed by atoms with Crippen molar-refractivity contribution in [1.82, 2.24) is 0 Å². The van der Waals surface area contributed by atoms with Crippen molar-refractivity contribution in [3.63, 3.8) is 0 Å². The Morgan fingerprint density at radius 2 is 1.91 bits per heavy atom. The second-order valence-corrected chi connectivity index (χ2v) is 3.69. The van der Waals surface area contributed by atoms with Crippen LogP contribution in [-0.4, -0.2) is 18.1 Å². The quantitative estimate of drug-likeness (QED) is 0.622. The highest BCUT2D eigenvalue weighted by atomic mass is 32.1. The lowest BCUT2D eigenvalue weighted by Crippen LogP contribution is -2.09. The maximum Gasteiger partial charge on any atom is 0.0932 e. The Hall–Kier alpha value is -0.220. The van der Waals surface area contributed by atoms with Crippen LogP contribution in [0.2, 0.25) is 0 Å². The summed E-state index contributed by atoms with van der Waals surface area (Å²) in [6, 6.07) is 0. The molecule has 0 aromatic heterocycles. The van der Waals surface area contributed by atoms with E-state index in [1.54, 1.807) is 6.92 Å². The fourth-order valence-electron chi connectivity index (χ4n) is 0.660. The first-order valence-corrected chi connectivity index (χ1v) is 5.04. The Morgan fingerprint density at radius 3 is 2.27 bits per heavy atom. The second-order valence-electron chi connectivity index (χ2n) is 2.25. The summed E-state index contributed by atoms with van der Waals surface area (Å²) in [5.41, 5.74) is 0. The average molecular weight is 192 g/mol. The molecule has 0 aliphatic rings. The van der Waals surface area contributed by atoms with E-state index in [4.69, 9.17) is 0 Å². The van der Waals surface area contributed by atoms with Gasteiger partial charge in [0.05, 0.1) is 32.2 Å². The zero-order valence-corrected chi connectivity index (χ0v) is 8.39. The van der Waals surface area contributed by atoms with Crippen LogP contribution in [0, 0.1) is 0 Å². The first-order chi connectivity index (χ1) is 5.26. The molecule has 2 nitrogen and oxygen atoms in total. The molecule has 0 rings (SSSR count). The molecule has 0 amide bonds.